The fourth-order valence-corrected chi connectivity index (χ4v) is 7.72. The fourth-order valence-electron chi connectivity index (χ4n) is 7.72. The Bertz CT molecular complexity index is 1050. The van der Waals surface area contributed by atoms with Crippen LogP contribution in [-0.2, 0) is 28.6 Å². The molecule has 0 saturated carbocycles. The minimum atomic E-state index is -0.779. The van der Waals surface area contributed by atoms with Crippen LogP contribution in [0, 0.1) is 0 Å². The van der Waals surface area contributed by atoms with Crippen LogP contribution in [0.15, 0.2) is 36.5 Å². The molecular weight excluding hydrogens is 769 g/mol. The molecule has 0 aromatic carbocycles. The molecule has 0 heterocycles. The van der Waals surface area contributed by atoms with Crippen molar-refractivity contribution in [1.29, 1.82) is 0 Å². The van der Waals surface area contributed by atoms with Crippen LogP contribution in [-0.4, -0.2) is 37.2 Å². The zero-order valence-corrected chi connectivity index (χ0v) is 41.4. The van der Waals surface area contributed by atoms with Gasteiger partial charge < -0.3 is 14.2 Å². The number of esters is 3. The van der Waals surface area contributed by atoms with Gasteiger partial charge in [0.25, 0.3) is 0 Å². The van der Waals surface area contributed by atoms with Crippen LogP contribution >= 0.6 is 0 Å². The summed E-state index contributed by atoms with van der Waals surface area (Å²) in [6.45, 7) is 6.61. The van der Waals surface area contributed by atoms with Crippen molar-refractivity contribution in [3.63, 3.8) is 0 Å². The average molecular weight is 871 g/mol. The molecule has 362 valence electrons. The summed E-state index contributed by atoms with van der Waals surface area (Å²) in [6, 6.07) is 0. The van der Waals surface area contributed by atoms with Crippen molar-refractivity contribution in [2.24, 2.45) is 0 Å². The third-order valence-corrected chi connectivity index (χ3v) is 11.8. The van der Waals surface area contributed by atoms with Crippen LogP contribution in [0.25, 0.3) is 0 Å². The minimum Gasteiger partial charge on any atom is -0.462 e. The van der Waals surface area contributed by atoms with Gasteiger partial charge >= 0.3 is 17.9 Å². The van der Waals surface area contributed by atoms with Gasteiger partial charge in [-0.15, -0.1) is 0 Å². The first-order chi connectivity index (χ1) is 30.5. The highest BCUT2D eigenvalue weighted by molar-refractivity contribution is 5.71. The Morgan fingerprint density at radius 1 is 0.306 bits per heavy atom. The summed E-state index contributed by atoms with van der Waals surface area (Å²) in [5.41, 5.74) is 0. The molecule has 6 nitrogen and oxygen atoms in total. The lowest BCUT2D eigenvalue weighted by molar-refractivity contribution is -0.167. The number of rotatable bonds is 49. The van der Waals surface area contributed by atoms with Crippen molar-refractivity contribution in [3.8, 4) is 0 Å². The van der Waals surface area contributed by atoms with E-state index in [2.05, 4.69) is 57.2 Å². The average Bonchev–Trinajstić information content (AvgIpc) is 3.27. The third kappa shape index (κ3) is 48.7. The van der Waals surface area contributed by atoms with E-state index in [0.29, 0.717) is 19.3 Å². The summed E-state index contributed by atoms with van der Waals surface area (Å²) in [4.78, 5) is 38.0. The first kappa shape index (κ1) is 59.6. The van der Waals surface area contributed by atoms with Crippen molar-refractivity contribution in [3.05, 3.63) is 36.5 Å². The molecule has 0 aromatic rings. The van der Waals surface area contributed by atoms with Crippen LogP contribution in [0.4, 0.5) is 0 Å². The maximum atomic E-state index is 12.8. The molecule has 0 aliphatic carbocycles. The molecule has 0 radical (unpaired) electrons. The number of carbonyl (C=O) groups is 3. The standard InChI is InChI=1S/C56H102O6/c1-4-7-10-13-16-19-22-25-26-27-28-29-32-34-37-40-43-46-49-55(58)61-52-53(62-56(59)50-47-44-41-38-35-31-24-21-18-15-12-9-6-3)51-60-54(57)48-45-42-39-36-33-30-23-20-17-14-11-8-5-2/h20-21,23-24,26-27,53H,4-19,22,25,28-52H2,1-3H3/b23-20-,24-21-,27-26-. The number of allylic oxidation sites excluding steroid dienone is 6. The van der Waals surface area contributed by atoms with E-state index in [1.807, 2.05) is 0 Å². The predicted octanol–water partition coefficient (Wildman–Crippen LogP) is 17.7. The predicted molar refractivity (Wildman–Crippen MR) is 266 cm³/mol. The molecule has 62 heavy (non-hydrogen) atoms. The topological polar surface area (TPSA) is 78.9 Å². The second-order valence-electron chi connectivity index (χ2n) is 18.1. The van der Waals surface area contributed by atoms with Gasteiger partial charge in [-0.25, -0.2) is 0 Å². The maximum Gasteiger partial charge on any atom is 0.306 e. The summed E-state index contributed by atoms with van der Waals surface area (Å²) in [5, 5.41) is 0. The smallest absolute Gasteiger partial charge is 0.306 e. The van der Waals surface area contributed by atoms with Crippen LogP contribution in [0.1, 0.15) is 284 Å². The minimum absolute atomic E-state index is 0.0787. The van der Waals surface area contributed by atoms with Gasteiger partial charge in [0.1, 0.15) is 13.2 Å². The number of hydrogen-bond donors (Lipinski definition) is 0. The maximum absolute atomic E-state index is 12.8. The highest BCUT2D eigenvalue weighted by atomic mass is 16.6. The van der Waals surface area contributed by atoms with Crippen LogP contribution in [0.2, 0.25) is 0 Å². The van der Waals surface area contributed by atoms with Crippen molar-refractivity contribution in [1.82, 2.24) is 0 Å². The van der Waals surface area contributed by atoms with Gasteiger partial charge in [0.05, 0.1) is 0 Å². The summed E-state index contributed by atoms with van der Waals surface area (Å²) in [5.74, 6) is -0.890. The molecule has 0 saturated heterocycles. The third-order valence-electron chi connectivity index (χ3n) is 11.8. The van der Waals surface area contributed by atoms with E-state index in [4.69, 9.17) is 14.2 Å². The summed E-state index contributed by atoms with van der Waals surface area (Å²) < 4.78 is 16.8. The molecule has 0 N–H and O–H groups in total. The quantitative estimate of drug-likeness (QED) is 0.0262. The van der Waals surface area contributed by atoms with E-state index in [-0.39, 0.29) is 31.1 Å². The number of ether oxygens (including phenoxy) is 3. The second kappa shape index (κ2) is 51.3. The van der Waals surface area contributed by atoms with Gasteiger partial charge in [-0.1, -0.05) is 205 Å². The van der Waals surface area contributed by atoms with Crippen molar-refractivity contribution >= 4 is 17.9 Å². The van der Waals surface area contributed by atoms with Crippen LogP contribution < -0.4 is 0 Å². The highest BCUT2D eigenvalue weighted by Gasteiger charge is 2.19. The molecule has 0 aliphatic rings. The molecule has 1 atom stereocenters. The first-order valence-electron chi connectivity index (χ1n) is 27.0. The lowest BCUT2D eigenvalue weighted by atomic mass is 10.1. The van der Waals surface area contributed by atoms with E-state index in [1.165, 1.54) is 167 Å². The van der Waals surface area contributed by atoms with Gasteiger partial charge in [0.2, 0.25) is 0 Å². The van der Waals surface area contributed by atoms with E-state index >= 15 is 0 Å². The van der Waals surface area contributed by atoms with E-state index in [9.17, 15) is 14.4 Å². The summed E-state index contributed by atoms with van der Waals surface area (Å²) in [6.07, 6.45) is 59.8. The van der Waals surface area contributed by atoms with Gasteiger partial charge in [-0.3, -0.25) is 14.4 Å². The van der Waals surface area contributed by atoms with Gasteiger partial charge in [-0.2, -0.15) is 0 Å². The Labute approximate surface area is 385 Å². The second-order valence-corrected chi connectivity index (χ2v) is 18.1. The monoisotopic (exact) mass is 871 g/mol. The molecular formula is C56H102O6. The molecule has 0 rings (SSSR count). The molecule has 0 aromatic heterocycles. The summed E-state index contributed by atoms with van der Waals surface area (Å²) in [7, 11) is 0. The van der Waals surface area contributed by atoms with Gasteiger partial charge in [0.15, 0.2) is 6.10 Å². The largest absolute Gasteiger partial charge is 0.462 e. The van der Waals surface area contributed by atoms with Crippen molar-refractivity contribution in [2.45, 2.75) is 290 Å². The van der Waals surface area contributed by atoms with Crippen molar-refractivity contribution < 1.29 is 28.6 Å². The molecule has 0 aliphatic heterocycles. The Morgan fingerprint density at radius 3 is 0.823 bits per heavy atom. The normalized spacial score (nSPS) is 12.2. The van der Waals surface area contributed by atoms with Crippen LogP contribution in [0.3, 0.4) is 0 Å². The zero-order valence-electron chi connectivity index (χ0n) is 41.4. The molecule has 1 unspecified atom stereocenters. The Hall–Kier alpha value is -2.37. The van der Waals surface area contributed by atoms with E-state index in [0.717, 1.165) is 77.0 Å². The van der Waals surface area contributed by atoms with Crippen LogP contribution in [0.5, 0.6) is 0 Å². The molecule has 6 heteroatoms. The van der Waals surface area contributed by atoms with Gasteiger partial charge in [0, 0.05) is 19.3 Å². The SMILES string of the molecule is CCCCCC/C=C\CCCCCCCC(=O)OCC(COC(=O)CCCCCCCCC/C=C\CCCCCCCCC)OC(=O)CCCCCCC/C=C\CCCCCC. The molecule has 0 amide bonds. The molecule has 0 spiro atoms. The first-order valence-corrected chi connectivity index (χ1v) is 27.0. The Kier molecular flexibility index (Phi) is 49.3. The van der Waals surface area contributed by atoms with Crippen molar-refractivity contribution in [2.75, 3.05) is 13.2 Å². The molecule has 0 fully saturated rings. The number of unbranched alkanes of at least 4 members (excludes halogenated alkanes) is 32. The number of carbonyl (C=O) groups excluding carboxylic acids is 3. The summed E-state index contributed by atoms with van der Waals surface area (Å²) >= 11 is 0. The molecule has 0 bridgehead atoms. The van der Waals surface area contributed by atoms with E-state index in [1.54, 1.807) is 0 Å². The Balaban J connectivity index is 4.35. The zero-order chi connectivity index (χ0) is 45.1. The lowest BCUT2D eigenvalue weighted by Gasteiger charge is -2.18. The lowest BCUT2D eigenvalue weighted by Crippen LogP contribution is -2.30. The Morgan fingerprint density at radius 2 is 0.532 bits per heavy atom. The fraction of sp³-hybridized carbons (Fsp3) is 0.839. The van der Waals surface area contributed by atoms with E-state index < -0.39 is 6.10 Å². The van der Waals surface area contributed by atoms with Gasteiger partial charge in [-0.05, 0) is 96.3 Å². The highest BCUT2D eigenvalue weighted by Crippen LogP contribution is 2.15. The number of hydrogen-bond acceptors (Lipinski definition) is 6.